The summed E-state index contributed by atoms with van der Waals surface area (Å²) >= 11 is 0. The van der Waals surface area contributed by atoms with Crippen molar-refractivity contribution in [1.29, 1.82) is 0 Å². The van der Waals surface area contributed by atoms with Crippen molar-refractivity contribution in [3.05, 3.63) is 10.4 Å². The predicted molar refractivity (Wildman–Crippen MR) is 155 cm³/mol. The lowest BCUT2D eigenvalue weighted by Crippen LogP contribution is -2.69. The molecule has 274 valence electrons. The van der Waals surface area contributed by atoms with Gasteiger partial charge in [-0.05, 0) is 5.53 Å². The SMILES string of the molecule is CC(=O)NC1C(OCCN=[N+]=[N-])OC(COC(C)=O)C(OC2OC(COC(C)=O)C(OC(C)=O)C(OC(C)=O)C2OC(C)=O)C1OC(C)=O. The lowest BCUT2D eigenvalue weighted by molar-refractivity contribution is -0.350. The molecule has 10 atom stereocenters. The zero-order valence-corrected chi connectivity index (χ0v) is 27.9. The zero-order chi connectivity index (χ0) is 36.8. The van der Waals surface area contributed by atoms with Crippen molar-refractivity contribution in [1.82, 2.24) is 5.32 Å². The van der Waals surface area contributed by atoms with Crippen molar-refractivity contribution >= 4 is 41.7 Å². The largest absolute Gasteiger partial charge is 0.463 e. The Bertz CT molecular complexity index is 1270. The fourth-order valence-corrected chi connectivity index (χ4v) is 4.97. The van der Waals surface area contributed by atoms with Crippen LogP contribution in [0.5, 0.6) is 0 Å². The van der Waals surface area contributed by atoms with Crippen LogP contribution in [0.25, 0.3) is 10.4 Å². The number of rotatable bonds is 15. The van der Waals surface area contributed by atoms with E-state index in [4.69, 9.17) is 52.9 Å². The third-order valence-electron chi connectivity index (χ3n) is 6.55. The molecule has 2 fully saturated rings. The van der Waals surface area contributed by atoms with Crippen LogP contribution < -0.4 is 5.32 Å². The Labute approximate surface area is 280 Å². The summed E-state index contributed by atoms with van der Waals surface area (Å²) in [6.07, 6.45) is -13.8. The smallest absolute Gasteiger partial charge is 0.303 e. The summed E-state index contributed by atoms with van der Waals surface area (Å²) < 4.78 is 56.1. The third-order valence-corrected chi connectivity index (χ3v) is 6.55. The van der Waals surface area contributed by atoms with Crippen molar-refractivity contribution in [3.63, 3.8) is 0 Å². The molecular formula is C28H40N4O17. The van der Waals surface area contributed by atoms with Crippen molar-refractivity contribution in [3.8, 4) is 0 Å². The molecule has 21 nitrogen and oxygen atoms in total. The van der Waals surface area contributed by atoms with Gasteiger partial charge in [-0.1, -0.05) is 5.11 Å². The molecule has 0 aromatic carbocycles. The van der Waals surface area contributed by atoms with Crippen LogP contribution in [0.15, 0.2) is 5.11 Å². The minimum atomic E-state index is -1.78. The van der Waals surface area contributed by atoms with Gasteiger partial charge in [-0.2, -0.15) is 0 Å². The number of azide groups is 1. The molecule has 0 radical (unpaired) electrons. The Morgan fingerprint density at radius 2 is 1.10 bits per heavy atom. The quantitative estimate of drug-likeness (QED) is 0.0562. The monoisotopic (exact) mass is 704 g/mol. The van der Waals surface area contributed by atoms with E-state index in [0.29, 0.717) is 0 Å². The van der Waals surface area contributed by atoms with E-state index in [-0.39, 0.29) is 13.2 Å². The van der Waals surface area contributed by atoms with Gasteiger partial charge in [0.25, 0.3) is 0 Å². The molecule has 21 heteroatoms. The van der Waals surface area contributed by atoms with Gasteiger partial charge in [-0.3, -0.25) is 33.6 Å². The molecule has 49 heavy (non-hydrogen) atoms. The highest BCUT2D eigenvalue weighted by Crippen LogP contribution is 2.34. The van der Waals surface area contributed by atoms with E-state index < -0.39 is 116 Å². The lowest BCUT2D eigenvalue weighted by Gasteiger charge is -2.49. The predicted octanol–water partition coefficient (Wildman–Crippen LogP) is -0.494. The molecule has 0 aliphatic carbocycles. The van der Waals surface area contributed by atoms with E-state index >= 15 is 0 Å². The lowest BCUT2D eigenvalue weighted by atomic mass is 9.94. The molecule has 2 saturated heterocycles. The van der Waals surface area contributed by atoms with E-state index in [9.17, 15) is 33.6 Å². The molecule has 2 rings (SSSR count). The fraction of sp³-hybridized carbons (Fsp3) is 0.750. The normalized spacial score (nSPS) is 29.2. The number of hydrogen-bond acceptors (Lipinski definition) is 18. The first-order valence-electron chi connectivity index (χ1n) is 14.9. The van der Waals surface area contributed by atoms with Crippen LogP contribution in [0.1, 0.15) is 48.5 Å². The molecule has 0 saturated carbocycles. The number of nitrogens with zero attached hydrogens (tertiary/aromatic N) is 3. The van der Waals surface area contributed by atoms with E-state index in [2.05, 4.69) is 15.3 Å². The van der Waals surface area contributed by atoms with Gasteiger partial charge >= 0.3 is 35.8 Å². The maximum atomic E-state index is 12.4. The minimum Gasteiger partial charge on any atom is -0.463 e. The molecule has 0 spiro atoms. The van der Waals surface area contributed by atoms with Gasteiger partial charge in [0.1, 0.15) is 37.6 Å². The van der Waals surface area contributed by atoms with Crippen LogP contribution in [0.4, 0.5) is 0 Å². The molecule has 2 heterocycles. The molecule has 10 unspecified atom stereocenters. The van der Waals surface area contributed by atoms with E-state index in [1.165, 1.54) is 0 Å². The van der Waals surface area contributed by atoms with Gasteiger partial charge in [0.2, 0.25) is 5.91 Å². The first kappa shape index (κ1) is 40.6. The number of amides is 1. The van der Waals surface area contributed by atoms with Crippen LogP contribution in [-0.4, -0.2) is 129 Å². The van der Waals surface area contributed by atoms with E-state index in [0.717, 1.165) is 48.5 Å². The van der Waals surface area contributed by atoms with Gasteiger partial charge < -0.3 is 52.7 Å². The molecule has 2 aliphatic heterocycles. The highest BCUT2D eigenvalue weighted by molar-refractivity contribution is 5.73. The first-order valence-corrected chi connectivity index (χ1v) is 14.9. The van der Waals surface area contributed by atoms with Crippen LogP contribution >= 0.6 is 0 Å². The summed E-state index contributed by atoms with van der Waals surface area (Å²) in [6, 6.07) is -1.32. The topological polar surface area (TPSA) is 273 Å². The Balaban J connectivity index is 2.71. The maximum Gasteiger partial charge on any atom is 0.303 e. The fourth-order valence-electron chi connectivity index (χ4n) is 4.97. The van der Waals surface area contributed by atoms with Crippen LogP contribution in [0, 0.1) is 0 Å². The average molecular weight is 705 g/mol. The number of ether oxygens (including phenoxy) is 10. The van der Waals surface area contributed by atoms with Gasteiger partial charge in [-0.15, -0.1) is 0 Å². The van der Waals surface area contributed by atoms with Crippen molar-refractivity contribution in [2.75, 3.05) is 26.4 Å². The Morgan fingerprint density at radius 3 is 1.59 bits per heavy atom. The summed E-state index contributed by atoms with van der Waals surface area (Å²) in [5, 5.41) is 5.94. The van der Waals surface area contributed by atoms with Gasteiger partial charge in [0, 0.05) is 59.9 Å². The molecule has 1 N–H and O–H groups in total. The summed E-state index contributed by atoms with van der Waals surface area (Å²) in [5.41, 5.74) is 8.62. The highest BCUT2D eigenvalue weighted by Gasteiger charge is 2.57. The van der Waals surface area contributed by atoms with Crippen molar-refractivity contribution in [2.45, 2.75) is 110 Å². The Hall–Kier alpha value is -4.56. The number of esters is 6. The number of carbonyl (C=O) groups excluding carboxylic acids is 7. The first-order chi connectivity index (χ1) is 23.0. The molecular weight excluding hydrogens is 664 g/mol. The van der Waals surface area contributed by atoms with Gasteiger partial charge in [0.05, 0.1) is 6.61 Å². The van der Waals surface area contributed by atoms with Gasteiger partial charge in [-0.25, -0.2) is 0 Å². The van der Waals surface area contributed by atoms with Gasteiger partial charge in [0.15, 0.2) is 37.0 Å². The number of hydrogen-bond donors (Lipinski definition) is 1. The molecule has 0 aromatic heterocycles. The van der Waals surface area contributed by atoms with Crippen molar-refractivity contribution < 1.29 is 80.9 Å². The molecule has 0 bridgehead atoms. The zero-order valence-electron chi connectivity index (χ0n) is 27.9. The highest BCUT2D eigenvalue weighted by atomic mass is 16.8. The summed E-state index contributed by atoms with van der Waals surface area (Å²) in [7, 11) is 0. The second-order valence-corrected chi connectivity index (χ2v) is 10.6. The summed E-state index contributed by atoms with van der Waals surface area (Å²) in [4.78, 5) is 87.6. The Kier molecular flexibility index (Phi) is 16.1. The number of carbonyl (C=O) groups is 7. The molecule has 1 amide bonds. The molecule has 2 aliphatic rings. The summed E-state index contributed by atoms with van der Waals surface area (Å²) in [5.74, 6) is -5.67. The third kappa shape index (κ3) is 13.1. The van der Waals surface area contributed by atoms with Crippen molar-refractivity contribution in [2.24, 2.45) is 5.11 Å². The average Bonchev–Trinajstić information content (AvgIpc) is 2.97. The summed E-state index contributed by atoms with van der Waals surface area (Å²) in [6.45, 7) is 6.03. The standard InChI is InChI=1S/C28H40N4O17/c1-12(33)31-21-24(44-16(5)37)22(19(10-41-13(2)34)47-27(21)40-9-8-30-32-29)49-28-26(46-18(7)39)25(45-17(6)38)23(43-15(4)36)20(48-28)11-42-14(3)35/h19-28H,8-11H2,1-7H3,(H,31,33). The van der Waals surface area contributed by atoms with Crippen LogP contribution in [0.3, 0.4) is 0 Å². The minimum absolute atomic E-state index is 0.152. The second kappa shape index (κ2) is 19.4. The second-order valence-electron chi connectivity index (χ2n) is 10.6. The Morgan fingerprint density at radius 1 is 0.633 bits per heavy atom. The maximum absolute atomic E-state index is 12.4. The molecule has 0 aromatic rings. The number of nitrogens with one attached hydrogen (secondary N) is 1. The van der Waals surface area contributed by atoms with Crippen LogP contribution in [0.2, 0.25) is 0 Å². The van der Waals surface area contributed by atoms with Crippen LogP contribution in [-0.2, 0) is 80.9 Å². The van der Waals surface area contributed by atoms with E-state index in [1.54, 1.807) is 0 Å². The van der Waals surface area contributed by atoms with E-state index in [1.807, 2.05) is 0 Å².